The summed E-state index contributed by atoms with van der Waals surface area (Å²) in [5.74, 6) is -1.44. The Morgan fingerprint density at radius 3 is 2.62 bits per heavy atom. The van der Waals surface area contributed by atoms with Crippen LogP contribution in [0, 0.1) is 20.8 Å². The van der Waals surface area contributed by atoms with Crippen LogP contribution in [-0.2, 0) is 11.3 Å². The van der Waals surface area contributed by atoms with Gasteiger partial charge in [0.05, 0.1) is 5.69 Å². The van der Waals surface area contributed by atoms with Crippen LogP contribution in [0.2, 0.25) is 0 Å². The number of hydrogen-bond acceptors (Lipinski definition) is 4. The van der Waals surface area contributed by atoms with Crippen molar-refractivity contribution >= 4 is 17.6 Å². The van der Waals surface area contributed by atoms with Crippen LogP contribution in [0.5, 0.6) is 0 Å². The lowest BCUT2D eigenvalue weighted by molar-refractivity contribution is -0.117. The van der Waals surface area contributed by atoms with Gasteiger partial charge in [0.1, 0.15) is 6.54 Å². The highest BCUT2D eigenvalue weighted by Gasteiger charge is 2.17. The lowest BCUT2D eigenvalue weighted by Gasteiger charge is -2.10. The molecule has 0 bridgehead atoms. The first kappa shape index (κ1) is 14.7. The van der Waals surface area contributed by atoms with Gasteiger partial charge >= 0.3 is 5.97 Å². The standard InChI is InChI=1S/C14H16N4O3/c1-8-5-4-6-11(9(8)2)15-12(19)7-18-10(3)13(14(20)21)16-17-18/h4-6H,7H2,1-3H3,(H,15,19)(H,20,21). The normalized spacial score (nSPS) is 10.4. The summed E-state index contributed by atoms with van der Waals surface area (Å²) in [5, 5.41) is 18.9. The lowest BCUT2D eigenvalue weighted by atomic mass is 10.1. The minimum Gasteiger partial charge on any atom is -0.476 e. The molecule has 7 nitrogen and oxygen atoms in total. The Hall–Kier alpha value is -2.70. The zero-order valence-electron chi connectivity index (χ0n) is 12.0. The second kappa shape index (κ2) is 5.74. The maximum absolute atomic E-state index is 12.0. The second-order valence-electron chi connectivity index (χ2n) is 4.78. The summed E-state index contributed by atoms with van der Waals surface area (Å²) in [4.78, 5) is 22.9. The predicted octanol–water partition coefficient (Wildman–Crippen LogP) is 1.54. The van der Waals surface area contributed by atoms with Crippen LogP contribution >= 0.6 is 0 Å². The van der Waals surface area contributed by atoms with Gasteiger partial charge in [0.25, 0.3) is 0 Å². The number of benzene rings is 1. The van der Waals surface area contributed by atoms with E-state index in [9.17, 15) is 9.59 Å². The van der Waals surface area contributed by atoms with Gasteiger partial charge < -0.3 is 10.4 Å². The van der Waals surface area contributed by atoms with E-state index in [0.717, 1.165) is 16.8 Å². The number of aromatic nitrogens is 3. The molecule has 21 heavy (non-hydrogen) atoms. The van der Waals surface area contributed by atoms with Crippen LogP contribution in [0.25, 0.3) is 0 Å². The maximum atomic E-state index is 12.0. The van der Waals surface area contributed by atoms with E-state index in [4.69, 9.17) is 5.11 Å². The molecule has 0 spiro atoms. The lowest BCUT2D eigenvalue weighted by Crippen LogP contribution is -2.21. The number of carbonyl (C=O) groups is 2. The monoisotopic (exact) mass is 288 g/mol. The number of hydrogen-bond donors (Lipinski definition) is 2. The number of nitrogens with zero attached hydrogens (tertiary/aromatic N) is 3. The van der Waals surface area contributed by atoms with E-state index < -0.39 is 5.97 Å². The van der Waals surface area contributed by atoms with Gasteiger partial charge in [-0.15, -0.1) is 5.10 Å². The summed E-state index contributed by atoms with van der Waals surface area (Å²) in [6.45, 7) is 5.37. The molecule has 7 heteroatoms. The third-order valence-electron chi connectivity index (χ3n) is 3.36. The molecule has 0 saturated heterocycles. The SMILES string of the molecule is Cc1cccc(NC(=O)Cn2nnc(C(=O)O)c2C)c1C. The summed E-state index contributed by atoms with van der Waals surface area (Å²) in [5.41, 5.74) is 3.01. The van der Waals surface area contributed by atoms with Crippen LogP contribution in [0.4, 0.5) is 5.69 Å². The molecule has 1 aromatic carbocycles. The molecule has 2 aromatic rings. The molecule has 0 radical (unpaired) electrons. The molecule has 0 saturated carbocycles. The Balaban J connectivity index is 2.12. The molecule has 0 aliphatic carbocycles. The Morgan fingerprint density at radius 2 is 2.00 bits per heavy atom. The zero-order chi connectivity index (χ0) is 15.6. The van der Waals surface area contributed by atoms with E-state index in [0.29, 0.717) is 5.69 Å². The number of aryl methyl sites for hydroxylation is 1. The molecule has 2 N–H and O–H groups in total. The summed E-state index contributed by atoms with van der Waals surface area (Å²) < 4.78 is 1.27. The van der Waals surface area contributed by atoms with Crippen LogP contribution in [0.1, 0.15) is 27.3 Å². The first-order chi connectivity index (χ1) is 9.90. The average Bonchev–Trinajstić information content (AvgIpc) is 2.77. The number of nitrogens with one attached hydrogen (secondary N) is 1. The van der Waals surface area contributed by atoms with Crippen molar-refractivity contribution in [2.75, 3.05) is 5.32 Å². The van der Waals surface area contributed by atoms with Crippen molar-refractivity contribution in [1.82, 2.24) is 15.0 Å². The van der Waals surface area contributed by atoms with Crippen molar-refractivity contribution in [2.45, 2.75) is 27.3 Å². The smallest absolute Gasteiger partial charge is 0.358 e. The molecule has 0 atom stereocenters. The fraction of sp³-hybridized carbons (Fsp3) is 0.286. The highest BCUT2D eigenvalue weighted by atomic mass is 16.4. The third kappa shape index (κ3) is 3.07. The first-order valence-corrected chi connectivity index (χ1v) is 6.39. The zero-order valence-corrected chi connectivity index (χ0v) is 12.0. The quantitative estimate of drug-likeness (QED) is 0.889. The van der Waals surface area contributed by atoms with Gasteiger partial charge in [0.2, 0.25) is 5.91 Å². The molecule has 0 aliphatic rings. The molecular weight excluding hydrogens is 272 g/mol. The van der Waals surface area contributed by atoms with E-state index in [2.05, 4.69) is 15.6 Å². The Kier molecular flexibility index (Phi) is 4.02. The minimum atomic E-state index is -1.16. The number of anilines is 1. The molecule has 0 aliphatic heterocycles. The van der Waals surface area contributed by atoms with Crippen molar-refractivity contribution in [1.29, 1.82) is 0 Å². The number of rotatable bonds is 4. The van der Waals surface area contributed by atoms with E-state index in [1.54, 1.807) is 6.92 Å². The Labute approximate surface area is 121 Å². The van der Waals surface area contributed by atoms with Crippen molar-refractivity contribution < 1.29 is 14.7 Å². The van der Waals surface area contributed by atoms with Gasteiger partial charge in [-0.2, -0.15) is 0 Å². The third-order valence-corrected chi connectivity index (χ3v) is 3.36. The topological polar surface area (TPSA) is 97.1 Å². The largest absolute Gasteiger partial charge is 0.476 e. The number of carboxylic acids is 1. The molecule has 110 valence electrons. The Morgan fingerprint density at radius 1 is 1.29 bits per heavy atom. The molecule has 2 rings (SSSR count). The van der Waals surface area contributed by atoms with Gasteiger partial charge in [0.15, 0.2) is 5.69 Å². The van der Waals surface area contributed by atoms with Crippen LogP contribution in [0.3, 0.4) is 0 Å². The maximum Gasteiger partial charge on any atom is 0.358 e. The number of carboxylic acid groups (broad SMARTS) is 1. The van der Waals surface area contributed by atoms with Crippen molar-refractivity contribution in [2.24, 2.45) is 0 Å². The van der Waals surface area contributed by atoms with Crippen LogP contribution in [-0.4, -0.2) is 32.0 Å². The summed E-state index contributed by atoms with van der Waals surface area (Å²) in [6.07, 6.45) is 0. The van der Waals surface area contributed by atoms with E-state index in [1.165, 1.54) is 4.68 Å². The first-order valence-electron chi connectivity index (χ1n) is 6.39. The average molecular weight is 288 g/mol. The number of carbonyl (C=O) groups excluding carboxylic acids is 1. The predicted molar refractivity (Wildman–Crippen MR) is 76.3 cm³/mol. The molecule has 1 amide bonds. The molecule has 1 heterocycles. The fourth-order valence-corrected chi connectivity index (χ4v) is 1.92. The minimum absolute atomic E-state index is 0.0838. The van der Waals surface area contributed by atoms with Crippen LogP contribution in [0.15, 0.2) is 18.2 Å². The fourth-order valence-electron chi connectivity index (χ4n) is 1.92. The highest BCUT2D eigenvalue weighted by Crippen LogP contribution is 2.18. The van der Waals surface area contributed by atoms with E-state index >= 15 is 0 Å². The molecule has 0 unspecified atom stereocenters. The van der Waals surface area contributed by atoms with Crippen LogP contribution < -0.4 is 5.32 Å². The molecule has 1 aromatic heterocycles. The van der Waals surface area contributed by atoms with Gasteiger partial charge in [-0.25, -0.2) is 9.48 Å². The van der Waals surface area contributed by atoms with E-state index in [1.807, 2.05) is 32.0 Å². The van der Waals surface area contributed by atoms with Crippen molar-refractivity contribution in [3.05, 3.63) is 40.7 Å². The summed E-state index contributed by atoms with van der Waals surface area (Å²) in [7, 11) is 0. The van der Waals surface area contributed by atoms with Gasteiger partial charge in [-0.1, -0.05) is 17.3 Å². The molecule has 0 fully saturated rings. The number of amides is 1. The Bertz CT molecular complexity index is 706. The molecular formula is C14H16N4O3. The van der Waals surface area contributed by atoms with E-state index in [-0.39, 0.29) is 18.1 Å². The van der Waals surface area contributed by atoms with Gasteiger partial charge in [-0.3, -0.25) is 4.79 Å². The van der Waals surface area contributed by atoms with Gasteiger partial charge in [-0.05, 0) is 38.0 Å². The summed E-state index contributed by atoms with van der Waals surface area (Å²) in [6, 6.07) is 5.64. The summed E-state index contributed by atoms with van der Waals surface area (Å²) >= 11 is 0. The second-order valence-corrected chi connectivity index (χ2v) is 4.78. The van der Waals surface area contributed by atoms with Crippen molar-refractivity contribution in [3.63, 3.8) is 0 Å². The van der Waals surface area contributed by atoms with Gasteiger partial charge in [0, 0.05) is 5.69 Å². The van der Waals surface area contributed by atoms with Crippen molar-refractivity contribution in [3.8, 4) is 0 Å². The highest BCUT2D eigenvalue weighted by molar-refractivity contribution is 5.92. The number of aromatic carboxylic acids is 1.